The van der Waals surface area contributed by atoms with Crippen molar-refractivity contribution < 1.29 is 9.90 Å². The van der Waals surface area contributed by atoms with Gasteiger partial charge in [-0.15, -0.1) is 0 Å². The first-order valence-electron chi connectivity index (χ1n) is 7.08. The zero-order chi connectivity index (χ0) is 18.1. The van der Waals surface area contributed by atoms with E-state index in [0.717, 1.165) is 16.8 Å². The number of carbonyl (C=O) groups excluding carboxylic acids is 1. The molecule has 1 amide bonds. The predicted octanol–water partition coefficient (Wildman–Crippen LogP) is 5.61. The van der Waals surface area contributed by atoms with Crippen LogP contribution in [0.1, 0.15) is 11.1 Å². The van der Waals surface area contributed by atoms with Gasteiger partial charge in [-0.3, -0.25) is 4.79 Å². The molecular formula is C17H11BrClIN2O2S. The van der Waals surface area contributed by atoms with Crippen LogP contribution < -0.4 is 5.32 Å². The van der Waals surface area contributed by atoms with Crippen LogP contribution in [0.4, 0.5) is 5.69 Å². The average molecular weight is 550 g/mol. The fourth-order valence-corrected chi connectivity index (χ4v) is 4.63. The lowest BCUT2D eigenvalue weighted by atomic mass is 10.2. The Morgan fingerprint density at radius 3 is 2.88 bits per heavy atom. The van der Waals surface area contributed by atoms with Gasteiger partial charge in [-0.25, -0.2) is 4.99 Å². The Balaban J connectivity index is 1.90. The van der Waals surface area contributed by atoms with Crippen LogP contribution in [0.15, 0.2) is 44.7 Å². The standard InChI is InChI=1S/C17H11BrClIN2O2S/c1-8-11(19)3-2-4-13(8)21-17-22-16(24)14(25-17)7-9-5-10(18)15(23)12(20)6-9/h2-7,23H,1H3,(H,21,22,24)/b14-7+. The van der Waals surface area contributed by atoms with Gasteiger partial charge in [0.15, 0.2) is 5.17 Å². The lowest BCUT2D eigenvalue weighted by Crippen LogP contribution is -2.19. The zero-order valence-corrected chi connectivity index (χ0v) is 18.1. The SMILES string of the molecule is Cc1c(Cl)cccc1N=C1NC(=O)/C(=C\c2cc(Br)c(O)c(I)c2)S1. The predicted molar refractivity (Wildman–Crippen MR) is 116 cm³/mol. The molecular weight excluding hydrogens is 539 g/mol. The summed E-state index contributed by atoms with van der Waals surface area (Å²) in [6.45, 7) is 1.88. The molecule has 2 aromatic rings. The van der Waals surface area contributed by atoms with E-state index in [4.69, 9.17) is 11.6 Å². The number of hydrogen-bond donors (Lipinski definition) is 2. The third kappa shape index (κ3) is 4.21. The quantitative estimate of drug-likeness (QED) is 0.378. The maximum Gasteiger partial charge on any atom is 0.264 e. The van der Waals surface area contributed by atoms with E-state index in [9.17, 15) is 9.90 Å². The van der Waals surface area contributed by atoms with Crippen LogP contribution in [0, 0.1) is 10.5 Å². The lowest BCUT2D eigenvalue weighted by molar-refractivity contribution is -0.115. The minimum absolute atomic E-state index is 0.185. The highest BCUT2D eigenvalue weighted by atomic mass is 127. The summed E-state index contributed by atoms with van der Waals surface area (Å²) < 4.78 is 1.28. The fourth-order valence-electron chi connectivity index (χ4n) is 2.13. The Morgan fingerprint density at radius 2 is 2.16 bits per heavy atom. The van der Waals surface area contributed by atoms with Crippen LogP contribution in [-0.2, 0) is 4.79 Å². The van der Waals surface area contributed by atoms with Crippen molar-refractivity contribution in [1.29, 1.82) is 0 Å². The minimum atomic E-state index is -0.206. The number of amides is 1. The number of amidine groups is 1. The number of nitrogens with zero attached hydrogens (tertiary/aromatic N) is 1. The number of benzene rings is 2. The normalized spacial score (nSPS) is 17.4. The van der Waals surface area contributed by atoms with E-state index in [1.807, 2.05) is 41.6 Å². The van der Waals surface area contributed by atoms with E-state index < -0.39 is 0 Å². The summed E-state index contributed by atoms with van der Waals surface area (Å²) in [7, 11) is 0. The van der Waals surface area contributed by atoms with Gasteiger partial charge in [-0.05, 0) is 98.7 Å². The van der Waals surface area contributed by atoms with E-state index in [1.54, 1.807) is 24.3 Å². The van der Waals surface area contributed by atoms with Crippen LogP contribution in [0.5, 0.6) is 5.75 Å². The molecule has 0 atom stereocenters. The van der Waals surface area contributed by atoms with Gasteiger partial charge in [0, 0.05) is 5.02 Å². The lowest BCUT2D eigenvalue weighted by Gasteiger charge is -2.03. The summed E-state index contributed by atoms with van der Waals surface area (Å²) >= 11 is 12.7. The first kappa shape index (κ1) is 18.8. The number of rotatable bonds is 2. The Labute approximate surface area is 176 Å². The van der Waals surface area contributed by atoms with Crippen LogP contribution in [0.2, 0.25) is 5.02 Å². The van der Waals surface area contributed by atoms with Gasteiger partial charge in [0.05, 0.1) is 18.6 Å². The zero-order valence-electron chi connectivity index (χ0n) is 12.8. The number of halogens is 3. The number of phenols is 1. The van der Waals surface area contributed by atoms with Gasteiger partial charge in [-0.2, -0.15) is 0 Å². The van der Waals surface area contributed by atoms with Gasteiger partial charge in [-0.1, -0.05) is 17.7 Å². The number of nitrogens with one attached hydrogen (secondary N) is 1. The monoisotopic (exact) mass is 548 g/mol. The molecule has 0 radical (unpaired) electrons. The van der Waals surface area contributed by atoms with Gasteiger partial charge in [0.1, 0.15) is 5.75 Å². The topological polar surface area (TPSA) is 61.7 Å². The second-order valence-corrected chi connectivity index (χ2v) is 8.65. The largest absolute Gasteiger partial charge is 0.506 e. The molecule has 1 heterocycles. The summed E-state index contributed by atoms with van der Waals surface area (Å²) in [5, 5.41) is 13.7. The Kier molecular flexibility index (Phi) is 5.77. The molecule has 1 saturated heterocycles. The van der Waals surface area contributed by atoms with Crippen molar-refractivity contribution in [2.75, 3.05) is 0 Å². The highest BCUT2D eigenvalue weighted by Crippen LogP contribution is 2.34. The highest BCUT2D eigenvalue weighted by molar-refractivity contribution is 14.1. The van der Waals surface area contributed by atoms with Crippen molar-refractivity contribution in [3.05, 3.63) is 59.4 Å². The molecule has 2 N–H and O–H groups in total. The van der Waals surface area contributed by atoms with Crippen LogP contribution >= 0.6 is 61.9 Å². The van der Waals surface area contributed by atoms with E-state index >= 15 is 0 Å². The molecule has 0 aliphatic carbocycles. The summed E-state index contributed by atoms with van der Waals surface area (Å²) in [5.41, 5.74) is 2.39. The molecule has 0 aromatic heterocycles. The van der Waals surface area contributed by atoms with Gasteiger partial charge in [0.2, 0.25) is 0 Å². The second kappa shape index (κ2) is 7.69. The molecule has 0 bridgehead atoms. The number of aliphatic imine (C=N–C) groups is 1. The summed E-state index contributed by atoms with van der Waals surface area (Å²) in [6, 6.07) is 9.04. The first-order valence-corrected chi connectivity index (χ1v) is 10.1. The first-order chi connectivity index (χ1) is 11.8. The van der Waals surface area contributed by atoms with Crippen molar-refractivity contribution in [3.8, 4) is 5.75 Å². The molecule has 1 aliphatic rings. The molecule has 128 valence electrons. The maximum absolute atomic E-state index is 12.2. The molecule has 4 nitrogen and oxygen atoms in total. The summed E-state index contributed by atoms with van der Waals surface area (Å²) in [5.74, 6) is -0.0207. The van der Waals surface area contributed by atoms with Crippen LogP contribution in [0.25, 0.3) is 6.08 Å². The number of phenolic OH excluding ortho intramolecular Hbond substituents is 1. The number of hydrogen-bond acceptors (Lipinski definition) is 4. The van der Waals surface area contributed by atoms with Crippen LogP contribution in [-0.4, -0.2) is 16.2 Å². The van der Waals surface area contributed by atoms with Crippen LogP contribution in [0.3, 0.4) is 0 Å². The van der Waals surface area contributed by atoms with Crippen molar-refractivity contribution >= 4 is 84.7 Å². The van der Waals surface area contributed by atoms with E-state index in [0.29, 0.717) is 23.1 Å². The Bertz CT molecular complexity index is 923. The molecule has 0 saturated carbocycles. The molecule has 3 rings (SSSR count). The van der Waals surface area contributed by atoms with E-state index in [-0.39, 0.29) is 11.7 Å². The van der Waals surface area contributed by atoms with E-state index in [2.05, 4.69) is 26.2 Å². The molecule has 25 heavy (non-hydrogen) atoms. The molecule has 0 spiro atoms. The van der Waals surface area contributed by atoms with Gasteiger partial charge >= 0.3 is 0 Å². The van der Waals surface area contributed by atoms with Crippen molar-refractivity contribution in [1.82, 2.24) is 5.32 Å². The van der Waals surface area contributed by atoms with Crippen molar-refractivity contribution in [2.45, 2.75) is 6.92 Å². The van der Waals surface area contributed by atoms with Gasteiger partial charge < -0.3 is 10.4 Å². The Hall–Kier alpha value is -1.03. The molecule has 1 fully saturated rings. The number of carbonyl (C=O) groups is 1. The summed E-state index contributed by atoms with van der Waals surface area (Å²) in [6.07, 6.45) is 1.76. The fraction of sp³-hybridized carbons (Fsp3) is 0.0588. The number of aromatic hydroxyl groups is 1. The van der Waals surface area contributed by atoms with Gasteiger partial charge in [0.25, 0.3) is 5.91 Å². The highest BCUT2D eigenvalue weighted by Gasteiger charge is 2.24. The third-order valence-corrected chi connectivity index (χ3v) is 6.20. The Morgan fingerprint density at radius 1 is 1.40 bits per heavy atom. The van der Waals surface area contributed by atoms with Crippen molar-refractivity contribution in [2.24, 2.45) is 4.99 Å². The molecule has 1 aliphatic heterocycles. The maximum atomic E-state index is 12.2. The average Bonchev–Trinajstić information content (AvgIpc) is 2.89. The van der Waals surface area contributed by atoms with E-state index in [1.165, 1.54) is 11.8 Å². The number of thioether (sulfide) groups is 1. The molecule has 0 unspecified atom stereocenters. The second-order valence-electron chi connectivity index (χ2n) is 5.20. The third-order valence-electron chi connectivity index (χ3n) is 3.45. The smallest absolute Gasteiger partial charge is 0.264 e. The summed E-state index contributed by atoms with van der Waals surface area (Å²) in [4.78, 5) is 17.2. The van der Waals surface area contributed by atoms with Crippen molar-refractivity contribution in [3.63, 3.8) is 0 Å². The molecule has 2 aromatic carbocycles. The molecule has 8 heteroatoms. The minimum Gasteiger partial charge on any atom is -0.506 e.